The average molecular weight is 345 g/mol. The van der Waals surface area contributed by atoms with Crippen LogP contribution in [0.25, 0.3) is 0 Å². The van der Waals surface area contributed by atoms with Crippen LogP contribution in [0.4, 0.5) is 5.13 Å². The zero-order chi connectivity index (χ0) is 17.9. The number of nitrogens with one attached hydrogen (secondary N) is 2. The van der Waals surface area contributed by atoms with Gasteiger partial charge in [-0.25, -0.2) is 0 Å². The van der Waals surface area contributed by atoms with Crippen molar-refractivity contribution in [2.75, 3.05) is 5.32 Å². The van der Waals surface area contributed by atoms with Crippen LogP contribution in [-0.2, 0) is 11.2 Å². The van der Waals surface area contributed by atoms with Crippen molar-refractivity contribution in [2.24, 2.45) is 0 Å². The molecule has 2 heterocycles. The number of hydrogen-bond acceptors (Lipinski definition) is 6. The summed E-state index contributed by atoms with van der Waals surface area (Å²) in [5.41, 5.74) is 1.84. The first kappa shape index (κ1) is 17.8. The van der Waals surface area contributed by atoms with Gasteiger partial charge in [-0.1, -0.05) is 25.2 Å². The average Bonchev–Trinajstić information content (AvgIpc) is 2.95. The number of carbonyl (C=O) groups excluding carboxylic acids is 1. The number of amides is 1. The van der Waals surface area contributed by atoms with E-state index < -0.39 is 5.56 Å². The Kier molecular flexibility index (Phi) is 5.46. The molecular formula is C16H19N5O2S. The minimum Gasteiger partial charge on any atom is -0.325 e. The van der Waals surface area contributed by atoms with Crippen LogP contribution < -0.4 is 10.9 Å². The molecule has 0 aliphatic rings. The van der Waals surface area contributed by atoms with Crippen LogP contribution in [-0.4, -0.2) is 21.1 Å². The first-order valence-electron chi connectivity index (χ1n) is 7.59. The van der Waals surface area contributed by atoms with Crippen LogP contribution in [0.15, 0.2) is 4.79 Å². The highest BCUT2D eigenvalue weighted by molar-refractivity contribution is 7.15. The second-order valence-corrected chi connectivity index (χ2v) is 6.83. The number of anilines is 1. The summed E-state index contributed by atoms with van der Waals surface area (Å²) in [4.78, 5) is 26.5. The number of aryl methyl sites for hydroxylation is 1. The van der Waals surface area contributed by atoms with Gasteiger partial charge in [0.05, 0.1) is 0 Å². The molecule has 8 heteroatoms. The third kappa shape index (κ3) is 3.86. The molecule has 0 fully saturated rings. The predicted molar refractivity (Wildman–Crippen MR) is 92.2 cm³/mol. The summed E-state index contributed by atoms with van der Waals surface area (Å²) < 4.78 is 0. The molecule has 0 bridgehead atoms. The highest BCUT2D eigenvalue weighted by Gasteiger charge is 2.14. The summed E-state index contributed by atoms with van der Waals surface area (Å²) >= 11 is 1.36. The van der Waals surface area contributed by atoms with Crippen LogP contribution in [0.2, 0.25) is 0 Å². The van der Waals surface area contributed by atoms with Crippen LogP contribution in [0.5, 0.6) is 0 Å². The Morgan fingerprint density at radius 2 is 2.08 bits per heavy atom. The van der Waals surface area contributed by atoms with Crippen molar-refractivity contribution < 1.29 is 4.79 Å². The molecule has 0 atom stereocenters. The first-order chi connectivity index (χ1) is 11.3. The van der Waals surface area contributed by atoms with Gasteiger partial charge in [0.2, 0.25) is 11.0 Å². The van der Waals surface area contributed by atoms with Gasteiger partial charge in [0.25, 0.3) is 5.56 Å². The zero-order valence-corrected chi connectivity index (χ0v) is 14.9. The van der Waals surface area contributed by atoms with Crippen LogP contribution in [0, 0.1) is 25.2 Å². The van der Waals surface area contributed by atoms with Gasteiger partial charge in [0.1, 0.15) is 16.6 Å². The van der Waals surface area contributed by atoms with Gasteiger partial charge in [-0.05, 0) is 31.4 Å². The summed E-state index contributed by atoms with van der Waals surface area (Å²) in [6, 6.07) is 1.91. The number of pyridine rings is 1. The smallest absolute Gasteiger partial charge is 0.266 e. The molecule has 1 amide bonds. The Bertz CT molecular complexity index is 860. The molecule has 0 saturated carbocycles. The third-order valence-electron chi connectivity index (χ3n) is 3.70. The van der Waals surface area contributed by atoms with Gasteiger partial charge in [0.15, 0.2) is 0 Å². The molecule has 2 rings (SSSR count). The van der Waals surface area contributed by atoms with Gasteiger partial charge in [0, 0.05) is 18.0 Å². The maximum absolute atomic E-state index is 12.1. The summed E-state index contributed by atoms with van der Waals surface area (Å²) in [6.07, 6.45) is 0.667. The van der Waals surface area contributed by atoms with Gasteiger partial charge in [-0.3, -0.25) is 9.59 Å². The van der Waals surface area contributed by atoms with Gasteiger partial charge in [-0.15, -0.1) is 10.2 Å². The number of carbonyl (C=O) groups is 1. The lowest BCUT2D eigenvalue weighted by molar-refractivity contribution is -0.116. The Morgan fingerprint density at radius 1 is 1.38 bits per heavy atom. The molecule has 0 aliphatic carbocycles. The van der Waals surface area contributed by atoms with Crippen molar-refractivity contribution in [2.45, 2.75) is 46.5 Å². The maximum Gasteiger partial charge on any atom is 0.266 e. The summed E-state index contributed by atoms with van der Waals surface area (Å²) in [5.74, 6) is 0.0916. The second kappa shape index (κ2) is 7.36. The number of hydrogen-bond donors (Lipinski definition) is 2. The number of aromatic nitrogens is 3. The monoisotopic (exact) mass is 345 g/mol. The van der Waals surface area contributed by atoms with E-state index in [9.17, 15) is 9.59 Å². The summed E-state index contributed by atoms with van der Waals surface area (Å²) in [6.45, 7) is 7.53. The molecule has 2 aromatic rings. The largest absolute Gasteiger partial charge is 0.325 e. The Labute approximate surface area is 143 Å². The fourth-order valence-corrected chi connectivity index (χ4v) is 3.12. The highest BCUT2D eigenvalue weighted by atomic mass is 32.1. The predicted octanol–water partition coefficient (Wildman–Crippen LogP) is 2.41. The zero-order valence-electron chi connectivity index (χ0n) is 14.1. The first-order valence-corrected chi connectivity index (χ1v) is 8.40. The minimum atomic E-state index is -0.393. The fraction of sp³-hybridized carbons (Fsp3) is 0.438. The molecule has 0 saturated heterocycles. The number of nitrogens with zero attached hydrogens (tertiary/aromatic N) is 3. The van der Waals surface area contributed by atoms with E-state index >= 15 is 0 Å². The lowest BCUT2D eigenvalue weighted by Crippen LogP contribution is -2.18. The molecule has 0 spiro atoms. The van der Waals surface area contributed by atoms with Crippen molar-refractivity contribution in [1.29, 1.82) is 5.26 Å². The van der Waals surface area contributed by atoms with Crippen LogP contribution in [0.1, 0.15) is 53.6 Å². The fourth-order valence-electron chi connectivity index (χ4n) is 2.36. The number of rotatable bonds is 5. The van der Waals surface area contributed by atoms with E-state index in [4.69, 9.17) is 5.26 Å². The quantitative estimate of drug-likeness (QED) is 0.864. The Morgan fingerprint density at radius 3 is 2.67 bits per heavy atom. The molecule has 0 radical (unpaired) electrons. The van der Waals surface area contributed by atoms with E-state index in [1.165, 1.54) is 11.3 Å². The van der Waals surface area contributed by atoms with Crippen molar-refractivity contribution in [3.63, 3.8) is 0 Å². The number of H-pyrrole nitrogens is 1. The highest BCUT2D eigenvalue weighted by Crippen LogP contribution is 2.22. The SMILES string of the molecule is Cc1[nH]c(=O)c(C#N)c(C)c1CCC(=O)Nc1nnc(C(C)C)s1. The van der Waals surface area contributed by atoms with Crippen molar-refractivity contribution in [3.8, 4) is 6.07 Å². The van der Waals surface area contributed by atoms with Gasteiger partial charge >= 0.3 is 0 Å². The van der Waals surface area contributed by atoms with E-state index in [0.29, 0.717) is 22.8 Å². The van der Waals surface area contributed by atoms with Crippen molar-refractivity contribution >= 4 is 22.4 Å². The van der Waals surface area contributed by atoms with E-state index in [2.05, 4.69) is 20.5 Å². The molecule has 24 heavy (non-hydrogen) atoms. The normalized spacial score (nSPS) is 10.7. The van der Waals surface area contributed by atoms with Crippen LogP contribution >= 0.6 is 11.3 Å². The molecule has 2 aromatic heterocycles. The standard InChI is InChI=1S/C16H19N5O2S/c1-8(2)15-20-21-16(24-15)19-13(22)6-5-11-9(3)12(7-17)14(23)18-10(11)4/h8H,5-6H2,1-4H3,(H,18,23)(H,19,21,22). The number of aromatic amines is 1. The Balaban J connectivity index is 2.07. The lowest BCUT2D eigenvalue weighted by Gasteiger charge is -2.10. The topological polar surface area (TPSA) is 112 Å². The maximum atomic E-state index is 12.1. The van der Waals surface area contributed by atoms with Gasteiger partial charge < -0.3 is 10.3 Å². The summed E-state index contributed by atoms with van der Waals surface area (Å²) in [5, 5.41) is 21.1. The van der Waals surface area contributed by atoms with E-state index in [1.807, 2.05) is 19.9 Å². The second-order valence-electron chi connectivity index (χ2n) is 5.82. The summed E-state index contributed by atoms with van der Waals surface area (Å²) in [7, 11) is 0. The van der Waals surface area contributed by atoms with Crippen LogP contribution in [0.3, 0.4) is 0 Å². The van der Waals surface area contributed by atoms with E-state index in [-0.39, 0.29) is 23.8 Å². The number of nitriles is 1. The van der Waals surface area contributed by atoms with E-state index in [1.54, 1.807) is 13.8 Å². The van der Waals surface area contributed by atoms with Crippen molar-refractivity contribution in [3.05, 3.63) is 37.7 Å². The third-order valence-corrected chi connectivity index (χ3v) is 4.84. The van der Waals surface area contributed by atoms with Crippen molar-refractivity contribution in [1.82, 2.24) is 15.2 Å². The van der Waals surface area contributed by atoms with Gasteiger partial charge in [-0.2, -0.15) is 5.26 Å². The van der Waals surface area contributed by atoms with E-state index in [0.717, 1.165) is 10.6 Å². The molecule has 0 aromatic carbocycles. The molecule has 7 nitrogen and oxygen atoms in total. The molecule has 0 aliphatic heterocycles. The molecule has 2 N–H and O–H groups in total. The Hall–Kier alpha value is -2.53. The lowest BCUT2D eigenvalue weighted by atomic mass is 9.99. The molecule has 126 valence electrons. The molecule has 0 unspecified atom stereocenters. The minimum absolute atomic E-state index is 0.0988. The molecular weight excluding hydrogens is 326 g/mol.